The molecule has 35 heavy (non-hydrogen) atoms. The van der Waals surface area contributed by atoms with Crippen molar-refractivity contribution in [2.24, 2.45) is 0 Å². The molecule has 0 atom stereocenters. The molecule has 176 valence electrons. The Hall–Kier alpha value is -3.93. The molecular weight excluding hydrogens is 458 g/mol. The summed E-state index contributed by atoms with van der Waals surface area (Å²) in [6.45, 7) is 3.17. The van der Waals surface area contributed by atoms with Crippen LogP contribution in [0.1, 0.15) is 35.1 Å². The van der Waals surface area contributed by atoms with E-state index in [9.17, 15) is 13.7 Å². The molecule has 0 radical (unpaired) electrons. The molecule has 0 amide bonds. The quantitative estimate of drug-likeness (QED) is 0.380. The molecule has 0 spiro atoms. The van der Waals surface area contributed by atoms with E-state index in [4.69, 9.17) is 0 Å². The van der Waals surface area contributed by atoms with E-state index in [1.54, 1.807) is 28.7 Å². The predicted molar refractivity (Wildman–Crippen MR) is 139 cm³/mol. The van der Waals surface area contributed by atoms with E-state index in [0.717, 1.165) is 46.1 Å². The molecule has 7 nitrogen and oxygen atoms in total. The number of fused-ring (bicyclic) bond motifs is 1. The van der Waals surface area contributed by atoms with Gasteiger partial charge in [0.05, 0.1) is 16.1 Å². The fourth-order valence-electron chi connectivity index (χ4n) is 4.42. The van der Waals surface area contributed by atoms with E-state index in [1.165, 1.54) is 6.20 Å². The lowest BCUT2D eigenvalue weighted by Gasteiger charge is -2.15. The summed E-state index contributed by atoms with van der Waals surface area (Å²) in [4.78, 5) is 7.72. The van der Waals surface area contributed by atoms with E-state index in [2.05, 4.69) is 21.4 Å². The van der Waals surface area contributed by atoms with Gasteiger partial charge in [-0.3, -0.25) is 4.98 Å². The van der Waals surface area contributed by atoms with Crippen LogP contribution in [-0.4, -0.2) is 35.8 Å². The van der Waals surface area contributed by atoms with Crippen LogP contribution in [0.25, 0.3) is 23.1 Å². The van der Waals surface area contributed by atoms with Crippen molar-refractivity contribution in [3.63, 3.8) is 0 Å². The normalized spacial score (nSPS) is 14.5. The van der Waals surface area contributed by atoms with E-state index >= 15 is 0 Å². The van der Waals surface area contributed by atoms with Gasteiger partial charge in [-0.2, -0.15) is 9.57 Å². The third-order valence-corrected chi connectivity index (χ3v) is 8.27. The maximum absolute atomic E-state index is 13.0. The summed E-state index contributed by atoms with van der Waals surface area (Å²) in [6, 6.07) is 15.2. The number of hydrogen-bond acceptors (Lipinski definition) is 5. The largest absolute Gasteiger partial charge is 0.361 e. The zero-order valence-corrected chi connectivity index (χ0v) is 20.1. The summed E-state index contributed by atoms with van der Waals surface area (Å²) in [7, 11) is -3.49. The lowest BCUT2D eigenvalue weighted by atomic mass is 10.1. The number of rotatable bonds is 6. The molecule has 0 saturated carbocycles. The lowest BCUT2D eigenvalue weighted by Crippen LogP contribution is -2.27. The van der Waals surface area contributed by atoms with Gasteiger partial charge in [0, 0.05) is 53.8 Å². The monoisotopic (exact) mass is 483 g/mol. The second-order valence-corrected chi connectivity index (χ2v) is 10.5. The van der Waals surface area contributed by atoms with Gasteiger partial charge < -0.3 is 10.3 Å². The number of hydrogen-bond donors (Lipinski definition) is 2. The second kappa shape index (κ2) is 9.37. The van der Waals surface area contributed by atoms with Crippen LogP contribution in [0.4, 0.5) is 11.4 Å². The van der Waals surface area contributed by atoms with E-state index < -0.39 is 10.0 Å². The third kappa shape index (κ3) is 4.44. The van der Waals surface area contributed by atoms with Crippen LogP contribution in [0.5, 0.6) is 0 Å². The molecule has 5 rings (SSSR count). The Morgan fingerprint density at radius 2 is 1.94 bits per heavy atom. The number of benzene rings is 2. The fourth-order valence-corrected chi connectivity index (χ4v) is 6.00. The Bertz CT molecular complexity index is 1570. The number of anilines is 2. The van der Waals surface area contributed by atoms with E-state index in [1.807, 2.05) is 49.5 Å². The van der Waals surface area contributed by atoms with Crippen LogP contribution in [0.3, 0.4) is 0 Å². The highest BCUT2D eigenvalue weighted by atomic mass is 32.2. The molecule has 2 aromatic carbocycles. The van der Waals surface area contributed by atoms with Gasteiger partial charge in [-0.15, -0.1) is 0 Å². The third-order valence-electron chi connectivity index (χ3n) is 6.38. The highest BCUT2D eigenvalue weighted by Crippen LogP contribution is 2.31. The Morgan fingerprint density at radius 3 is 2.74 bits per heavy atom. The molecule has 0 unspecified atom stereocenters. The van der Waals surface area contributed by atoms with Crippen molar-refractivity contribution in [1.82, 2.24) is 14.3 Å². The summed E-state index contributed by atoms with van der Waals surface area (Å²) in [5.74, 6) is 0. The van der Waals surface area contributed by atoms with Gasteiger partial charge in [0.2, 0.25) is 10.0 Å². The molecule has 1 aliphatic heterocycles. The molecule has 8 heteroatoms. The molecule has 1 fully saturated rings. The highest BCUT2D eigenvalue weighted by molar-refractivity contribution is 7.89. The van der Waals surface area contributed by atoms with Crippen LogP contribution in [0.15, 0.2) is 66.0 Å². The average Bonchev–Trinajstić information content (AvgIpc) is 3.58. The molecular formula is C27H25N5O2S. The molecule has 2 N–H and O–H groups in total. The second-order valence-electron chi connectivity index (χ2n) is 8.58. The number of pyridine rings is 1. The number of nitrogens with one attached hydrogen (secondary N) is 2. The molecule has 1 aliphatic rings. The summed E-state index contributed by atoms with van der Waals surface area (Å²) in [5, 5.41) is 14.2. The maximum Gasteiger partial charge on any atom is 0.243 e. The molecule has 3 heterocycles. The van der Waals surface area contributed by atoms with Crippen molar-refractivity contribution in [2.45, 2.75) is 24.7 Å². The first-order valence-corrected chi connectivity index (χ1v) is 12.9. The first kappa shape index (κ1) is 22.8. The smallest absolute Gasteiger partial charge is 0.243 e. The van der Waals surface area contributed by atoms with Crippen LogP contribution >= 0.6 is 0 Å². The Kier molecular flexibility index (Phi) is 6.12. The average molecular weight is 484 g/mol. The summed E-state index contributed by atoms with van der Waals surface area (Å²) in [6.07, 6.45) is 10.6. The van der Waals surface area contributed by atoms with Crippen molar-refractivity contribution < 1.29 is 8.42 Å². The lowest BCUT2D eigenvalue weighted by molar-refractivity contribution is 0.477. The molecule has 0 aliphatic carbocycles. The van der Waals surface area contributed by atoms with Crippen molar-refractivity contribution >= 4 is 44.5 Å². The molecule has 4 aromatic rings. The van der Waals surface area contributed by atoms with Crippen LogP contribution in [0.2, 0.25) is 0 Å². The summed E-state index contributed by atoms with van der Waals surface area (Å²) >= 11 is 0. The minimum Gasteiger partial charge on any atom is -0.361 e. The van der Waals surface area contributed by atoms with Crippen molar-refractivity contribution in [1.29, 1.82) is 5.26 Å². The number of nitrogens with zero attached hydrogens (tertiary/aromatic N) is 3. The van der Waals surface area contributed by atoms with Gasteiger partial charge in [-0.1, -0.05) is 24.3 Å². The molecule has 2 aromatic heterocycles. The van der Waals surface area contributed by atoms with Crippen molar-refractivity contribution in [3.8, 4) is 6.07 Å². The number of H-pyrrole nitrogens is 1. The van der Waals surface area contributed by atoms with Crippen molar-refractivity contribution in [2.75, 3.05) is 18.4 Å². The van der Waals surface area contributed by atoms with Gasteiger partial charge in [-0.05, 0) is 61.2 Å². The summed E-state index contributed by atoms with van der Waals surface area (Å²) < 4.78 is 27.4. The first-order chi connectivity index (χ1) is 17.0. The topological polar surface area (TPSA) is 102 Å². The van der Waals surface area contributed by atoms with Gasteiger partial charge in [0.25, 0.3) is 0 Å². The van der Waals surface area contributed by atoms with Crippen LogP contribution in [-0.2, 0) is 10.0 Å². The number of aromatic nitrogens is 2. The predicted octanol–water partition coefficient (Wildman–Crippen LogP) is 5.44. The minimum atomic E-state index is -3.49. The van der Waals surface area contributed by atoms with Crippen molar-refractivity contribution in [3.05, 3.63) is 83.3 Å². The number of sulfonamides is 1. The number of aromatic amines is 1. The van der Waals surface area contributed by atoms with E-state index in [0.29, 0.717) is 29.2 Å². The van der Waals surface area contributed by atoms with Gasteiger partial charge in [0.1, 0.15) is 6.07 Å². The SMILES string of the molecule is Cc1c(Nc2c(C#N)cncc2C=Cc2cccc(S(=O)(=O)N3CCCC3)c2)ccc2[nH]ccc12. The summed E-state index contributed by atoms with van der Waals surface area (Å²) in [5.41, 5.74) is 5.57. The van der Waals surface area contributed by atoms with E-state index in [-0.39, 0.29) is 0 Å². The van der Waals surface area contributed by atoms with Gasteiger partial charge >= 0.3 is 0 Å². The number of nitriles is 1. The van der Waals surface area contributed by atoms with Gasteiger partial charge in [0.15, 0.2) is 0 Å². The Balaban J connectivity index is 1.48. The highest BCUT2D eigenvalue weighted by Gasteiger charge is 2.27. The number of aryl methyl sites for hydroxylation is 1. The fraction of sp³-hybridized carbons (Fsp3) is 0.185. The Morgan fingerprint density at radius 1 is 1.11 bits per heavy atom. The van der Waals surface area contributed by atoms with Crippen LogP contribution < -0.4 is 5.32 Å². The zero-order valence-electron chi connectivity index (χ0n) is 19.3. The van der Waals surface area contributed by atoms with Gasteiger partial charge in [-0.25, -0.2) is 8.42 Å². The Labute approximate surface area is 204 Å². The van der Waals surface area contributed by atoms with Crippen LogP contribution in [0, 0.1) is 18.3 Å². The zero-order chi connectivity index (χ0) is 24.4. The first-order valence-electron chi connectivity index (χ1n) is 11.5. The maximum atomic E-state index is 13.0. The molecule has 0 bridgehead atoms. The standard InChI is InChI=1S/C27H25N5O2S/c1-19-24-11-12-30-26(24)10-9-25(19)31-27-21(17-29-18-22(27)16-28)8-7-20-5-4-6-23(15-20)35(33,34)32-13-2-3-14-32/h4-12,15,17-18,30H,2-3,13-14H2,1H3,(H,29,31). The molecule has 1 saturated heterocycles. The minimum absolute atomic E-state index is 0.291.